The average Bonchev–Trinajstić information content (AvgIpc) is 3.18. The summed E-state index contributed by atoms with van der Waals surface area (Å²) in [7, 11) is 0. The Kier molecular flexibility index (Phi) is 2.90. The normalized spacial score (nSPS) is 18.0. The van der Waals surface area contributed by atoms with Crippen LogP contribution in [0.1, 0.15) is 17.4 Å². The number of benzene rings is 1. The van der Waals surface area contributed by atoms with Crippen molar-refractivity contribution < 1.29 is 9.47 Å². The zero-order chi connectivity index (χ0) is 13.4. The summed E-state index contributed by atoms with van der Waals surface area (Å²) in [6.07, 6.45) is 2.66. The number of hydrogen-bond donors (Lipinski definition) is 1. The molecule has 0 atom stereocenters. The Balaban J connectivity index is 1.67. The minimum atomic E-state index is -0.250. The standard InChI is InChI=1S/C16H16N2O2/c1-2-12(13-6-7-17-14(13)3-1)15-5-4-11(10-18-15)16-19-8-9-20-16/h1-5,10,16-17H,6-9H2. The van der Waals surface area contributed by atoms with Crippen molar-refractivity contribution in [1.29, 1.82) is 0 Å². The molecule has 0 bridgehead atoms. The number of pyridine rings is 1. The minimum absolute atomic E-state index is 0.250. The van der Waals surface area contributed by atoms with Gasteiger partial charge in [-0.05, 0) is 24.1 Å². The Bertz CT molecular complexity index is 619. The summed E-state index contributed by atoms with van der Waals surface area (Å²) in [4.78, 5) is 4.58. The molecular weight excluding hydrogens is 252 g/mol. The van der Waals surface area contributed by atoms with E-state index in [4.69, 9.17) is 9.47 Å². The van der Waals surface area contributed by atoms with E-state index in [2.05, 4.69) is 28.5 Å². The van der Waals surface area contributed by atoms with Crippen LogP contribution >= 0.6 is 0 Å². The summed E-state index contributed by atoms with van der Waals surface area (Å²) in [6, 6.07) is 10.4. The van der Waals surface area contributed by atoms with Gasteiger partial charge in [-0.2, -0.15) is 0 Å². The van der Waals surface area contributed by atoms with Gasteiger partial charge >= 0.3 is 0 Å². The summed E-state index contributed by atoms with van der Waals surface area (Å²) < 4.78 is 11.0. The molecule has 0 saturated carbocycles. The third-order valence-corrected chi connectivity index (χ3v) is 3.82. The van der Waals surface area contributed by atoms with Crippen LogP contribution in [0.4, 0.5) is 5.69 Å². The molecule has 4 rings (SSSR count). The molecule has 1 saturated heterocycles. The van der Waals surface area contributed by atoms with E-state index in [1.165, 1.54) is 16.8 Å². The van der Waals surface area contributed by atoms with Gasteiger partial charge in [-0.15, -0.1) is 0 Å². The molecule has 4 heteroatoms. The van der Waals surface area contributed by atoms with Gasteiger partial charge in [0.15, 0.2) is 6.29 Å². The van der Waals surface area contributed by atoms with E-state index >= 15 is 0 Å². The smallest absolute Gasteiger partial charge is 0.185 e. The van der Waals surface area contributed by atoms with Crippen LogP contribution in [0, 0.1) is 0 Å². The van der Waals surface area contributed by atoms with Crippen LogP contribution in [0.15, 0.2) is 36.5 Å². The van der Waals surface area contributed by atoms with Crippen LogP contribution in [-0.4, -0.2) is 24.7 Å². The minimum Gasteiger partial charge on any atom is -0.384 e. The predicted octanol–water partition coefficient (Wildman–Crippen LogP) is 2.76. The molecule has 0 spiro atoms. The highest BCUT2D eigenvalue weighted by atomic mass is 16.7. The summed E-state index contributed by atoms with van der Waals surface area (Å²) in [5, 5.41) is 3.40. The van der Waals surface area contributed by atoms with Gasteiger partial charge in [-0.1, -0.05) is 18.2 Å². The third-order valence-electron chi connectivity index (χ3n) is 3.82. The molecule has 2 aromatic rings. The quantitative estimate of drug-likeness (QED) is 0.909. The number of nitrogens with zero attached hydrogens (tertiary/aromatic N) is 1. The highest BCUT2D eigenvalue weighted by Gasteiger charge is 2.19. The maximum atomic E-state index is 5.49. The highest BCUT2D eigenvalue weighted by molar-refractivity contribution is 5.73. The van der Waals surface area contributed by atoms with Crippen LogP contribution in [0.25, 0.3) is 11.3 Å². The van der Waals surface area contributed by atoms with E-state index in [0.717, 1.165) is 24.2 Å². The zero-order valence-electron chi connectivity index (χ0n) is 11.1. The molecule has 1 fully saturated rings. The predicted molar refractivity (Wildman–Crippen MR) is 76.5 cm³/mol. The Morgan fingerprint density at radius 3 is 2.80 bits per heavy atom. The summed E-state index contributed by atoms with van der Waals surface area (Å²) >= 11 is 0. The molecule has 20 heavy (non-hydrogen) atoms. The number of hydrogen-bond acceptors (Lipinski definition) is 4. The first-order valence-electron chi connectivity index (χ1n) is 6.97. The first-order valence-corrected chi connectivity index (χ1v) is 6.97. The number of ether oxygens (including phenoxy) is 2. The Morgan fingerprint density at radius 1 is 1.10 bits per heavy atom. The fourth-order valence-corrected chi connectivity index (χ4v) is 2.84. The lowest BCUT2D eigenvalue weighted by Crippen LogP contribution is -1.99. The van der Waals surface area contributed by atoms with Gasteiger partial charge in [-0.25, -0.2) is 0 Å². The lowest BCUT2D eigenvalue weighted by Gasteiger charge is -2.11. The molecule has 0 radical (unpaired) electrons. The van der Waals surface area contributed by atoms with Gasteiger partial charge in [0, 0.05) is 29.6 Å². The third kappa shape index (κ3) is 1.97. The van der Waals surface area contributed by atoms with E-state index in [1.807, 2.05) is 18.3 Å². The van der Waals surface area contributed by atoms with Crippen molar-refractivity contribution in [2.24, 2.45) is 0 Å². The molecule has 0 unspecified atom stereocenters. The van der Waals surface area contributed by atoms with E-state index < -0.39 is 0 Å². The van der Waals surface area contributed by atoms with Crippen molar-refractivity contribution in [2.45, 2.75) is 12.7 Å². The second-order valence-corrected chi connectivity index (χ2v) is 5.06. The van der Waals surface area contributed by atoms with E-state index in [9.17, 15) is 0 Å². The molecule has 3 heterocycles. The Morgan fingerprint density at radius 2 is 2.00 bits per heavy atom. The molecular formula is C16H16N2O2. The SMILES string of the molecule is c1cc2c(c(-c3ccc(C4OCCO4)cn3)c1)CCN2. The fraction of sp³-hybridized carbons (Fsp3) is 0.312. The van der Waals surface area contributed by atoms with Gasteiger partial charge in [-0.3, -0.25) is 4.98 Å². The summed E-state index contributed by atoms with van der Waals surface area (Å²) in [5.74, 6) is 0. The molecule has 4 nitrogen and oxygen atoms in total. The van der Waals surface area contributed by atoms with Crippen molar-refractivity contribution in [3.8, 4) is 11.3 Å². The maximum absolute atomic E-state index is 5.49. The molecule has 2 aliphatic heterocycles. The maximum Gasteiger partial charge on any atom is 0.185 e. The van der Waals surface area contributed by atoms with Crippen LogP contribution in [0.3, 0.4) is 0 Å². The van der Waals surface area contributed by atoms with Crippen LogP contribution < -0.4 is 5.32 Å². The molecule has 1 aromatic heterocycles. The summed E-state index contributed by atoms with van der Waals surface area (Å²) in [6.45, 7) is 2.32. The lowest BCUT2D eigenvalue weighted by molar-refractivity contribution is -0.0443. The first-order chi connectivity index (χ1) is 9.92. The van der Waals surface area contributed by atoms with Crippen molar-refractivity contribution in [3.63, 3.8) is 0 Å². The molecule has 1 N–H and O–H groups in total. The van der Waals surface area contributed by atoms with Crippen molar-refractivity contribution in [2.75, 3.05) is 25.1 Å². The zero-order valence-corrected chi connectivity index (χ0v) is 11.1. The van der Waals surface area contributed by atoms with E-state index in [-0.39, 0.29) is 6.29 Å². The van der Waals surface area contributed by atoms with Gasteiger partial charge in [0.25, 0.3) is 0 Å². The summed E-state index contributed by atoms with van der Waals surface area (Å²) in [5.41, 5.74) is 5.80. The van der Waals surface area contributed by atoms with Crippen LogP contribution in [0.2, 0.25) is 0 Å². The molecule has 0 aliphatic carbocycles. The fourth-order valence-electron chi connectivity index (χ4n) is 2.84. The Labute approximate surface area is 117 Å². The van der Waals surface area contributed by atoms with Gasteiger partial charge in [0.05, 0.1) is 18.9 Å². The number of aromatic nitrogens is 1. The molecule has 0 amide bonds. The van der Waals surface area contributed by atoms with Gasteiger partial charge in [0.2, 0.25) is 0 Å². The monoisotopic (exact) mass is 268 g/mol. The molecule has 1 aromatic carbocycles. The molecule has 102 valence electrons. The topological polar surface area (TPSA) is 43.4 Å². The highest BCUT2D eigenvalue weighted by Crippen LogP contribution is 2.32. The second kappa shape index (κ2) is 4.89. The number of anilines is 1. The number of nitrogens with one attached hydrogen (secondary N) is 1. The number of fused-ring (bicyclic) bond motifs is 1. The van der Waals surface area contributed by atoms with Crippen molar-refractivity contribution >= 4 is 5.69 Å². The van der Waals surface area contributed by atoms with Crippen LogP contribution in [0.5, 0.6) is 0 Å². The van der Waals surface area contributed by atoms with Crippen LogP contribution in [-0.2, 0) is 15.9 Å². The molecule has 2 aliphatic rings. The van der Waals surface area contributed by atoms with Gasteiger partial charge < -0.3 is 14.8 Å². The number of rotatable bonds is 2. The largest absolute Gasteiger partial charge is 0.384 e. The van der Waals surface area contributed by atoms with E-state index in [1.54, 1.807) is 0 Å². The van der Waals surface area contributed by atoms with E-state index in [0.29, 0.717) is 13.2 Å². The van der Waals surface area contributed by atoms with Crippen molar-refractivity contribution in [3.05, 3.63) is 47.7 Å². The first kappa shape index (κ1) is 11.9. The van der Waals surface area contributed by atoms with Crippen molar-refractivity contribution in [1.82, 2.24) is 4.98 Å². The average molecular weight is 268 g/mol. The lowest BCUT2D eigenvalue weighted by atomic mass is 10.0. The Hall–Kier alpha value is -1.91. The van der Waals surface area contributed by atoms with Gasteiger partial charge in [0.1, 0.15) is 0 Å². The second-order valence-electron chi connectivity index (χ2n) is 5.06.